The molecule has 19 heavy (non-hydrogen) atoms. The molecule has 2 N–H and O–H groups in total. The summed E-state index contributed by atoms with van der Waals surface area (Å²) in [5, 5.41) is 0.694. The minimum Gasteiger partial charge on any atom is -0.375 e. The first-order valence-corrected chi connectivity index (χ1v) is 8.02. The summed E-state index contributed by atoms with van der Waals surface area (Å²) in [6, 6.07) is 0. The third-order valence-corrected chi connectivity index (χ3v) is 4.54. The molecule has 1 aromatic heterocycles. The molecular weight excluding hydrogens is 278 g/mol. The van der Waals surface area contributed by atoms with Gasteiger partial charge in [0, 0.05) is 24.2 Å². The van der Waals surface area contributed by atoms with Crippen molar-refractivity contribution in [2.75, 3.05) is 18.8 Å². The summed E-state index contributed by atoms with van der Waals surface area (Å²) in [5.74, 6) is 0.913. The minimum absolute atomic E-state index is 0. The van der Waals surface area contributed by atoms with E-state index in [1.54, 1.807) is 11.3 Å². The van der Waals surface area contributed by atoms with E-state index in [1.165, 1.54) is 56.5 Å². The van der Waals surface area contributed by atoms with Crippen LogP contribution in [0.2, 0.25) is 0 Å². The smallest absolute Gasteiger partial charge is 0.180 e. The molecule has 1 aromatic rings. The van der Waals surface area contributed by atoms with Gasteiger partial charge in [0.25, 0.3) is 0 Å². The molecule has 0 saturated heterocycles. The Bertz CT molecular complexity index is 350. The Morgan fingerprint density at radius 3 is 2.68 bits per heavy atom. The summed E-state index contributed by atoms with van der Waals surface area (Å²) in [7, 11) is 0. The van der Waals surface area contributed by atoms with E-state index < -0.39 is 0 Å². The highest BCUT2D eigenvalue weighted by Crippen LogP contribution is 2.25. The second kappa shape index (κ2) is 8.77. The lowest BCUT2D eigenvalue weighted by Crippen LogP contribution is -2.30. The molecule has 0 unspecified atom stereocenters. The van der Waals surface area contributed by atoms with Gasteiger partial charge in [-0.2, -0.15) is 0 Å². The molecule has 3 nitrogen and oxygen atoms in total. The number of aromatic nitrogens is 1. The van der Waals surface area contributed by atoms with Gasteiger partial charge < -0.3 is 5.73 Å². The molecule has 5 heteroatoms. The molecule has 1 aliphatic rings. The van der Waals surface area contributed by atoms with Crippen molar-refractivity contribution in [1.29, 1.82) is 0 Å². The molecule has 0 bridgehead atoms. The van der Waals surface area contributed by atoms with Crippen LogP contribution in [-0.4, -0.2) is 23.0 Å². The molecule has 1 aliphatic carbocycles. The molecule has 1 saturated carbocycles. The first-order valence-electron chi connectivity index (χ1n) is 7.20. The molecule has 110 valence electrons. The molecular formula is C14H26ClN3S. The number of anilines is 1. The third-order valence-electron chi connectivity index (χ3n) is 3.73. The van der Waals surface area contributed by atoms with E-state index in [1.807, 2.05) is 6.20 Å². The van der Waals surface area contributed by atoms with Crippen molar-refractivity contribution in [1.82, 2.24) is 9.88 Å². The molecule has 0 aromatic carbocycles. The highest BCUT2D eigenvalue weighted by molar-refractivity contribution is 7.15. The summed E-state index contributed by atoms with van der Waals surface area (Å²) in [4.78, 5) is 8.04. The number of hydrogen-bond acceptors (Lipinski definition) is 4. The van der Waals surface area contributed by atoms with Crippen LogP contribution in [0.1, 0.15) is 50.3 Å². The quantitative estimate of drug-likeness (QED) is 0.865. The van der Waals surface area contributed by atoms with E-state index >= 15 is 0 Å². The lowest BCUT2D eigenvalue weighted by Gasteiger charge is -2.29. The van der Waals surface area contributed by atoms with Crippen molar-refractivity contribution in [3.05, 3.63) is 11.1 Å². The van der Waals surface area contributed by atoms with E-state index in [9.17, 15) is 0 Å². The average molecular weight is 304 g/mol. The maximum atomic E-state index is 5.70. The van der Waals surface area contributed by atoms with Crippen molar-refractivity contribution in [2.45, 2.75) is 52.0 Å². The number of nitrogens with two attached hydrogens (primary N) is 1. The van der Waals surface area contributed by atoms with Crippen LogP contribution in [0.4, 0.5) is 5.13 Å². The van der Waals surface area contributed by atoms with Gasteiger partial charge in [0.1, 0.15) is 0 Å². The molecule has 0 aliphatic heterocycles. The van der Waals surface area contributed by atoms with Gasteiger partial charge in [-0.05, 0) is 31.7 Å². The fourth-order valence-electron chi connectivity index (χ4n) is 2.90. The van der Waals surface area contributed by atoms with E-state index in [0.717, 1.165) is 12.5 Å². The number of rotatable bonds is 6. The summed E-state index contributed by atoms with van der Waals surface area (Å²) >= 11 is 1.63. The van der Waals surface area contributed by atoms with Gasteiger partial charge in [0.05, 0.1) is 0 Å². The fraction of sp³-hybridized carbons (Fsp3) is 0.786. The number of thiazole rings is 1. The number of hydrogen-bond donors (Lipinski definition) is 1. The van der Waals surface area contributed by atoms with Gasteiger partial charge in [0.2, 0.25) is 0 Å². The Labute approximate surface area is 127 Å². The summed E-state index contributed by atoms with van der Waals surface area (Å²) in [6.45, 7) is 5.73. The Balaban J connectivity index is 0.00000180. The first kappa shape index (κ1) is 16.7. The SMILES string of the molecule is CCCN(Cc1cnc(N)s1)CC1CCCCC1.Cl. The highest BCUT2D eigenvalue weighted by Gasteiger charge is 2.17. The van der Waals surface area contributed by atoms with Crippen LogP contribution in [0.3, 0.4) is 0 Å². The molecule has 2 rings (SSSR count). The van der Waals surface area contributed by atoms with Crippen molar-refractivity contribution < 1.29 is 0 Å². The molecule has 0 spiro atoms. The van der Waals surface area contributed by atoms with Crippen LogP contribution in [0, 0.1) is 5.92 Å². The number of nitrogens with zero attached hydrogens (tertiary/aromatic N) is 2. The molecule has 0 atom stereocenters. The summed E-state index contributed by atoms with van der Waals surface area (Å²) in [5.41, 5.74) is 5.70. The van der Waals surface area contributed by atoms with Crippen LogP contribution < -0.4 is 5.73 Å². The van der Waals surface area contributed by atoms with Gasteiger partial charge in [0.15, 0.2) is 5.13 Å². The standard InChI is InChI=1S/C14H25N3S.ClH/c1-2-8-17(10-12-6-4-3-5-7-12)11-13-9-16-14(15)18-13;/h9,12H,2-8,10-11H2,1H3,(H2,15,16);1H. The van der Waals surface area contributed by atoms with E-state index in [0.29, 0.717) is 5.13 Å². The zero-order valence-corrected chi connectivity index (χ0v) is 13.4. The van der Waals surface area contributed by atoms with Gasteiger partial charge >= 0.3 is 0 Å². The zero-order chi connectivity index (χ0) is 12.8. The predicted octanol–water partition coefficient (Wildman–Crippen LogP) is 3.94. The lowest BCUT2D eigenvalue weighted by molar-refractivity contribution is 0.195. The lowest BCUT2D eigenvalue weighted by atomic mass is 9.89. The van der Waals surface area contributed by atoms with Gasteiger partial charge in [-0.15, -0.1) is 23.7 Å². The van der Waals surface area contributed by atoms with Crippen LogP contribution >= 0.6 is 23.7 Å². The second-order valence-electron chi connectivity index (χ2n) is 5.40. The van der Waals surface area contributed by atoms with Crippen LogP contribution in [0.5, 0.6) is 0 Å². The van der Waals surface area contributed by atoms with E-state index in [-0.39, 0.29) is 12.4 Å². The van der Waals surface area contributed by atoms with Crippen molar-refractivity contribution >= 4 is 28.9 Å². The Morgan fingerprint density at radius 1 is 1.37 bits per heavy atom. The van der Waals surface area contributed by atoms with Crippen molar-refractivity contribution in [3.8, 4) is 0 Å². The van der Waals surface area contributed by atoms with E-state index in [4.69, 9.17) is 5.73 Å². The Hall–Kier alpha value is -0.320. The third kappa shape index (κ3) is 5.67. The van der Waals surface area contributed by atoms with E-state index in [2.05, 4.69) is 16.8 Å². The predicted molar refractivity (Wildman–Crippen MR) is 85.9 cm³/mol. The van der Waals surface area contributed by atoms with Crippen LogP contribution in [0.15, 0.2) is 6.20 Å². The van der Waals surface area contributed by atoms with Crippen molar-refractivity contribution in [2.24, 2.45) is 5.92 Å². The number of nitrogen functional groups attached to an aromatic ring is 1. The topological polar surface area (TPSA) is 42.2 Å². The monoisotopic (exact) mass is 303 g/mol. The molecule has 0 amide bonds. The molecule has 1 heterocycles. The maximum absolute atomic E-state index is 5.70. The summed E-state index contributed by atoms with van der Waals surface area (Å²) in [6.07, 6.45) is 10.3. The van der Waals surface area contributed by atoms with Crippen LogP contribution in [0.25, 0.3) is 0 Å². The fourth-order valence-corrected chi connectivity index (χ4v) is 3.63. The first-order chi connectivity index (χ1) is 8.78. The Kier molecular flexibility index (Phi) is 7.73. The molecule has 0 radical (unpaired) electrons. The summed E-state index contributed by atoms with van der Waals surface area (Å²) < 4.78 is 0. The largest absolute Gasteiger partial charge is 0.375 e. The Morgan fingerprint density at radius 2 is 2.11 bits per heavy atom. The van der Waals surface area contributed by atoms with Gasteiger partial charge in [-0.3, -0.25) is 4.90 Å². The van der Waals surface area contributed by atoms with Gasteiger partial charge in [-0.25, -0.2) is 4.98 Å². The van der Waals surface area contributed by atoms with Crippen molar-refractivity contribution in [3.63, 3.8) is 0 Å². The average Bonchev–Trinajstić information content (AvgIpc) is 2.76. The normalized spacial score (nSPS) is 16.5. The highest BCUT2D eigenvalue weighted by atomic mass is 35.5. The number of halogens is 1. The van der Waals surface area contributed by atoms with Gasteiger partial charge in [-0.1, -0.05) is 26.2 Å². The minimum atomic E-state index is 0. The van der Waals surface area contributed by atoms with Crippen LogP contribution in [-0.2, 0) is 6.54 Å². The maximum Gasteiger partial charge on any atom is 0.180 e. The molecule has 1 fully saturated rings. The second-order valence-corrected chi connectivity index (χ2v) is 6.55. The zero-order valence-electron chi connectivity index (χ0n) is 11.8.